The standard InChI is InChI=1S/C21H26N6/c22-16-7-4-14(5-8-16)19-12-27-21(25-19)18(11-20(23)26-27)24-17-9-6-13-2-1-3-15(13)10-17/h6,9-12,14,16,24H,1-5,7-8,22H2,(H2,23,26). The van der Waals surface area contributed by atoms with Gasteiger partial charge in [-0.3, -0.25) is 0 Å². The van der Waals surface area contributed by atoms with Crippen molar-refractivity contribution in [2.45, 2.75) is 56.9 Å². The van der Waals surface area contributed by atoms with Gasteiger partial charge in [0.15, 0.2) is 5.65 Å². The highest BCUT2D eigenvalue weighted by Gasteiger charge is 2.23. The Morgan fingerprint density at radius 1 is 1.04 bits per heavy atom. The van der Waals surface area contributed by atoms with Crippen molar-refractivity contribution in [2.75, 3.05) is 11.1 Å². The van der Waals surface area contributed by atoms with Crippen molar-refractivity contribution < 1.29 is 0 Å². The van der Waals surface area contributed by atoms with Crippen molar-refractivity contribution in [3.63, 3.8) is 0 Å². The summed E-state index contributed by atoms with van der Waals surface area (Å²) in [5.74, 6) is 0.946. The van der Waals surface area contributed by atoms with E-state index in [1.54, 1.807) is 0 Å². The summed E-state index contributed by atoms with van der Waals surface area (Å²) in [5, 5.41) is 7.95. The Bertz CT molecular complexity index is 984. The Balaban J connectivity index is 1.48. The molecule has 0 atom stereocenters. The lowest BCUT2D eigenvalue weighted by Gasteiger charge is -2.24. The van der Waals surface area contributed by atoms with Crippen LogP contribution in [0.2, 0.25) is 0 Å². The third-order valence-electron chi connectivity index (χ3n) is 6.03. The van der Waals surface area contributed by atoms with E-state index in [9.17, 15) is 0 Å². The number of hydrogen-bond acceptors (Lipinski definition) is 5. The number of aromatic nitrogens is 3. The number of nitrogens with two attached hydrogens (primary N) is 2. The van der Waals surface area contributed by atoms with Crippen molar-refractivity contribution >= 4 is 22.8 Å². The molecule has 2 aliphatic rings. The molecule has 1 aromatic carbocycles. The topological polar surface area (TPSA) is 94.3 Å². The number of nitrogen functional groups attached to an aromatic ring is 1. The maximum Gasteiger partial charge on any atom is 0.177 e. The molecule has 0 saturated heterocycles. The summed E-state index contributed by atoms with van der Waals surface area (Å²) >= 11 is 0. The van der Waals surface area contributed by atoms with Crippen molar-refractivity contribution in [1.82, 2.24) is 14.6 Å². The molecule has 140 valence electrons. The Labute approximate surface area is 159 Å². The first kappa shape index (κ1) is 16.6. The van der Waals surface area contributed by atoms with Crippen molar-refractivity contribution in [3.8, 4) is 0 Å². The average molecular weight is 362 g/mol. The van der Waals surface area contributed by atoms with Crippen LogP contribution in [0.25, 0.3) is 5.65 Å². The molecule has 27 heavy (non-hydrogen) atoms. The van der Waals surface area contributed by atoms with Gasteiger partial charge >= 0.3 is 0 Å². The van der Waals surface area contributed by atoms with Gasteiger partial charge in [0.1, 0.15) is 5.82 Å². The van der Waals surface area contributed by atoms with E-state index in [0.717, 1.165) is 54.8 Å². The fraction of sp³-hybridized carbons (Fsp3) is 0.429. The zero-order valence-electron chi connectivity index (χ0n) is 15.5. The van der Waals surface area contributed by atoms with E-state index in [1.807, 2.05) is 16.8 Å². The molecule has 5 rings (SSSR count). The molecule has 3 aromatic rings. The van der Waals surface area contributed by atoms with Crippen molar-refractivity contribution in [3.05, 3.63) is 47.3 Å². The summed E-state index contributed by atoms with van der Waals surface area (Å²) in [4.78, 5) is 4.91. The lowest BCUT2D eigenvalue weighted by atomic mass is 9.85. The SMILES string of the molecule is Nc1cc(Nc2ccc3c(c2)CCC3)c2nc(C3CCC(N)CC3)cn2n1. The van der Waals surface area contributed by atoms with Gasteiger partial charge in [-0.1, -0.05) is 6.07 Å². The molecule has 1 saturated carbocycles. The molecule has 6 nitrogen and oxygen atoms in total. The minimum atomic E-state index is 0.337. The fourth-order valence-electron chi connectivity index (χ4n) is 4.52. The predicted octanol–water partition coefficient (Wildman–Crippen LogP) is 3.53. The van der Waals surface area contributed by atoms with E-state index in [-0.39, 0.29) is 0 Å². The summed E-state index contributed by atoms with van der Waals surface area (Å²) < 4.78 is 1.81. The lowest BCUT2D eigenvalue weighted by molar-refractivity contribution is 0.391. The second-order valence-corrected chi connectivity index (χ2v) is 7.99. The molecular weight excluding hydrogens is 336 g/mol. The van der Waals surface area contributed by atoms with Gasteiger partial charge in [-0.05, 0) is 68.2 Å². The molecule has 2 heterocycles. The second kappa shape index (κ2) is 6.53. The minimum absolute atomic E-state index is 0.337. The van der Waals surface area contributed by atoms with Gasteiger partial charge in [-0.15, -0.1) is 5.10 Å². The summed E-state index contributed by atoms with van der Waals surface area (Å²) in [6.07, 6.45) is 9.94. The number of imidazole rings is 1. The van der Waals surface area contributed by atoms with Crippen molar-refractivity contribution in [2.24, 2.45) is 5.73 Å². The maximum atomic E-state index is 6.06. The maximum absolute atomic E-state index is 6.06. The number of nitrogens with one attached hydrogen (secondary N) is 1. The van der Waals surface area contributed by atoms with Crippen LogP contribution in [0.1, 0.15) is 54.8 Å². The molecule has 1 fully saturated rings. The molecule has 2 aromatic heterocycles. The first-order chi connectivity index (χ1) is 13.2. The number of aryl methyl sites for hydroxylation is 2. The smallest absolute Gasteiger partial charge is 0.177 e. The van der Waals surface area contributed by atoms with Crippen LogP contribution in [-0.2, 0) is 12.8 Å². The minimum Gasteiger partial charge on any atom is -0.382 e. The van der Waals surface area contributed by atoms with E-state index in [0.29, 0.717) is 17.8 Å². The monoisotopic (exact) mass is 362 g/mol. The number of fused-ring (bicyclic) bond motifs is 2. The van der Waals surface area contributed by atoms with Crippen LogP contribution in [0.4, 0.5) is 17.2 Å². The van der Waals surface area contributed by atoms with Crippen LogP contribution in [0.3, 0.4) is 0 Å². The third-order valence-corrected chi connectivity index (χ3v) is 6.03. The Hall–Kier alpha value is -2.60. The molecule has 2 aliphatic carbocycles. The van der Waals surface area contributed by atoms with E-state index >= 15 is 0 Å². The highest BCUT2D eigenvalue weighted by atomic mass is 15.3. The zero-order chi connectivity index (χ0) is 18.4. The predicted molar refractivity (Wildman–Crippen MR) is 108 cm³/mol. The van der Waals surface area contributed by atoms with Gasteiger partial charge < -0.3 is 16.8 Å². The average Bonchev–Trinajstić information content (AvgIpc) is 3.28. The van der Waals surface area contributed by atoms with E-state index in [1.165, 1.54) is 24.0 Å². The summed E-state index contributed by atoms with van der Waals surface area (Å²) in [6.45, 7) is 0. The largest absolute Gasteiger partial charge is 0.382 e. The molecule has 0 spiro atoms. The number of benzene rings is 1. The molecule has 0 radical (unpaired) electrons. The van der Waals surface area contributed by atoms with Gasteiger partial charge in [0.05, 0.1) is 17.6 Å². The summed E-state index contributed by atoms with van der Waals surface area (Å²) in [6, 6.07) is 8.83. The van der Waals surface area contributed by atoms with Crippen LogP contribution in [-0.4, -0.2) is 20.6 Å². The van der Waals surface area contributed by atoms with E-state index < -0.39 is 0 Å². The van der Waals surface area contributed by atoms with E-state index in [2.05, 4.69) is 28.6 Å². The molecule has 5 N–H and O–H groups in total. The first-order valence-corrected chi connectivity index (χ1v) is 9.96. The molecule has 0 bridgehead atoms. The molecule has 0 aliphatic heterocycles. The lowest BCUT2D eigenvalue weighted by Crippen LogP contribution is -2.25. The van der Waals surface area contributed by atoms with Gasteiger partial charge in [-0.2, -0.15) is 0 Å². The Morgan fingerprint density at radius 3 is 2.70 bits per heavy atom. The second-order valence-electron chi connectivity index (χ2n) is 7.99. The first-order valence-electron chi connectivity index (χ1n) is 9.96. The van der Waals surface area contributed by atoms with Gasteiger partial charge in [0.2, 0.25) is 0 Å². The molecule has 0 unspecified atom stereocenters. The fourth-order valence-corrected chi connectivity index (χ4v) is 4.52. The highest BCUT2D eigenvalue weighted by molar-refractivity contribution is 5.76. The number of hydrogen-bond donors (Lipinski definition) is 3. The zero-order valence-corrected chi connectivity index (χ0v) is 15.5. The van der Waals surface area contributed by atoms with Crippen LogP contribution in [0, 0.1) is 0 Å². The van der Waals surface area contributed by atoms with Gasteiger partial charge in [-0.25, -0.2) is 9.50 Å². The molecule has 0 amide bonds. The van der Waals surface area contributed by atoms with Crippen LogP contribution in [0.15, 0.2) is 30.5 Å². The Kier molecular flexibility index (Phi) is 4.01. The van der Waals surface area contributed by atoms with Crippen molar-refractivity contribution in [1.29, 1.82) is 0 Å². The normalized spacial score (nSPS) is 22.1. The van der Waals surface area contributed by atoms with E-state index in [4.69, 9.17) is 16.5 Å². The van der Waals surface area contributed by atoms with Gasteiger partial charge in [0.25, 0.3) is 0 Å². The number of nitrogens with zero attached hydrogens (tertiary/aromatic N) is 3. The van der Waals surface area contributed by atoms with Crippen LogP contribution >= 0.6 is 0 Å². The van der Waals surface area contributed by atoms with Gasteiger partial charge in [0, 0.05) is 23.7 Å². The molecular formula is C21H26N6. The quantitative estimate of drug-likeness (QED) is 0.663. The third kappa shape index (κ3) is 3.14. The van der Waals surface area contributed by atoms with Crippen LogP contribution < -0.4 is 16.8 Å². The highest BCUT2D eigenvalue weighted by Crippen LogP contribution is 2.33. The summed E-state index contributed by atoms with van der Waals surface area (Å²) in [5.41, 5.74) is 18.9. The number of rotatable bonds is 3. The Morgan fingerprint density at radius 2 is 1.85 bits per heavy atom. The van der Waals surface area contributed by atoms with Crippen LogP contribution in [0.5, 0.6) is 0 Å². The molecule has 6 heteroatoms. The number of anilines is 3. The summed E-state index contributed by atoms with van der Waals surface area (Å²) in [7, 11) is 0.